The van der Waals surface area contributed by atoms with Crippen molar-refractivity contribution in [2.45, 2.75) is 32.0 Å². The highest BCUT2D eigenvalue weighted by molar-refractivity contribution is 7.99. The number of amides is 1. The smallest absolute Gasteiger partial charge is 0.234 e. The standard InChI is InChI=1S/C21H24N4O2S/c1-4-15-9-8-10-16(13-15)22-19(26)14-28-21-24-23-20(25(21)5-2)17-11-6-7-12-18(17)27-3/h6-13H,4-5,14H2,1-3H3,(H,22,26). The van der Waals surface area contributed by atoms with E-state index < -0.39 is 0 Å². The molecule has 0 aliphatic carbocycles. The lowest BCUT2D eigenvalue weighted by molar-refractivity contribution is -0.113. The number of anilines is 1. The van der Waals surface area contributed by atoms with Gasteiger partial charge in [0.1, 0.15) is 5.75 Å². The average molecular weight is 397 g/mol. The normalized spacial score (nSPS) is 10.7. The Morgan fingerprint density at radius 3 is 2.71 bits per heavy atom. The molecule has 0 radical (unpaired) electrons. The number of benzene rings is 2. The van der Waals surface area contributed by atoms with Gasteiger partial charge < -0.3 is 14.6 Å². The zero-order valence-electron chi connectivity index (χ0n) is 16.3. The number of ether oxygens (including phenoxy) is 1. The molecule has 28 heavy (non-hydrogen) atoms. The van der Waals surface area contributed by atoms with Crippen LogP contribution in [0.2, 0.25) is 0 Å². The van der Waals surface area contributed by atoms with E-state index in [1.165, 1.54) is 17.3 Å². The summed E-state index contributed by atoms with van der Waals surface area (Å²) >= 11 is 1.37. The maximum absolute atomic E-state index is 12.4. The Labute approximate surface area is 169 Å². The van der Waals surface area contributed by atoms with Crippen LogP contribution in [0.15, 0.2) is 53.7 Å². The van der Waals surface area contributed by atoms with Crippen LogP contribution >= 0.6 is 11.8 Å². The number of nitrogens with zero attached hydrogens (tertiary/aromatic N) is 3. The van der Waals surface area contributed by atoms with Gasteiger partial charge in [-0.3, -0.25) is 4.79 Å². The summed E-state index contributed by atoms with van der Waals surface area (Å²) in [5, 5.41) is 12.3. The molecule has 0 atom stereocenters. The van der Waals surface area contributed by atoms with E-state index >= 15 is 0 Å². The van der Waals surface area contributed by atoms with Gasteiger partial charge in [0.05, 0.1) is 18.4 Å². The molecule has 0 aliphatic heterocycles. The van der Waals surface area contributed by atoms with E-state index in [0.717, 1.165) is 29.2 Å². The lowest BCUT2D eigenvalue weighted by Gasteiger charge is -2.10. The minimum absolute atomic E-state index is 0.0669. The molecule has 0 fully saturated rings. The van der Waals surface area contributed by atoms with Crippen molar-refractivity contribution in [3.8, 4) is 17.1 Å². The van der Waals surface area contributed by atoms with E-state index in [1.54, 1.807) is 7.11 Å². The van der Waals surface area contributed by atoms with Crippen molar-refractivity contribution in [1.82, 2.24) is 14.8 Å². The molecule has 2 aromatic carbocycles. The summed E-state index contributed by atoms with van der Waals surface area (Å²) in [7, 11) is 1.64. The second-order valence-electron chi connectivity index (χ2n) is 6.14. The van der Waals surface area contributed by atoms with Crippen molar-refractivity contribution in [3.63, 3.8) is 0 Å². The number of aryl methyl sites for hydroxylation is 1. The molecule has 3 aromatic rings. The number of rotatable bonds is 8. The summed E-state index contributed by atoms with van der Waals surface area (Å²) in [6.45, 7) is 4.82. The van der Waals surface area contributed by atoms with Gasteiger partial charge >= 0.3 is 0 Å². The van der Waals surface area contributed by atoms with Gasteiger partial charge in [0.15, 0.2) is 11.0 Å². The number of nitrogens with one attached hydrogen (secondary N) is 1. The maximum atomic E-state index is 12.4. The summed E-state index contributed by atoms with van der Waals surface area (Å²) in [6, 6.07) is 15.6. The Hall–Kier alpha value is -2.80. The van der Waals surface area contributed by atoms with Gasteiger partial charge in [-0.05, 0) is 43.2 Å². The summed E-state index contributed by atoms with van der Waals surface area (Å²) < 4.78 is 7.43. The zero-order chi connectivity index (χ0) is 19.9. The molecule has 0 bridgehead atoms. The van der Waals surface area contributed by atoms with Gasteiger partial charge in [0.2, 0.25) is 5.91 Å². The molecule has 1 N–H and O–H groups in total. The van der Waals surface area contributed by atoms with E-state index in [0.29, 0.717) is 11.7 Å². The third-order valence-corrected chi connectivity index (χ3v) is 5.30. The fraction of sp³-hybridized carbons (Fsp3) is 0.286. The third-order valence-electron chi connectivity index (χ3n) is 4.33. The number of carbonyl (C=O) groups is 1. The molecule has 0 saturated carbocycles. The molecule has 7 heteroatoms. The third kappa shape index (κ3) is 4.54. The molecule has 0 aliphatic rings. The predicted molar refractivity (Wildman–Crippen MR) is 113 cm³/mol. The lowest BCUT2D eigenvalue weighted by Crippen LogP contribution is -2.14. The molecule has 0 unspecified atom stereocenters. The van der Waals surface area contributed by atoms with Crippen LogP contribution in [0.25, 0.3) is 11.4 Å². The van der Waals surface area contributed by atoms with Crippen LogP contribution in [0.4, 0.5) is 5.69 Å². The van der Waals surface area contributed by atoms with E-state index in [4.69, 9.17) is 4.74 Å². The minimum atomic E-state index is -0.0669. The van der Waals surface area contributed by atoms with Crippen molar-refractivity contribution >= 4 is 23.4 Å². The molecule has 1 aromatic heterocycles. The Morgan fingerprint density at radius 1 is 1.14 bits per heavy atom. The van der Waals surface area contributed by atoms with Crippen molar-refractivity contribution < 1.29 is 9.53 Å². The highest BCUT2D eigenvalue weighted by Gasteiger charge is 2.17. The van der Waals surface area contributed by atoms with Gasteiger partial charge in [0, 0.05) is 12.2 Å². The number of aromatic nitrogens is 3. The van der Waals surface area contributed by atoms with Gasteiger partial charge in [0.25, 0.3) is 0 Å². The monoisotopic (exact) mass is 396 g/mol. The fourth-order valence-electron chi connectivity index (χ4n) is 2.91. The van der Waals surface area contributed by atoms with Crippen molar-refractivity contribution in [3.05, 3.63) is 54.1 Å². The maximum Gasteiger partial charge on any atom is 0.234 e. The van der Waals surface area contributed by atoms with Gasteiger partial charge in [-0.15, -0.1) is 10.2 Å². The molecule has 3 rings (SSSR count). The highest BCUT2D eigenvalue weighted by Crippen LogP contribution is 2.30. The Morgan fingerprint density at radius 2 is 1.96 bits per heavy atom. The first-order chi connectivity index (χ1) is 13.7. The molecule has 146 valence electrons. The summed E-state index contributed by atoms with van der Waals surface area (Å²) in [6.07, 6.45) is 0.934. The molecule has 6 nitrogen and oxygen atoms in total. The van der Waals surface area contributed by atoms with Crippen molar-refractivity contribution in [1.29, 1.82) is 0 Å². The summed E-state index contributed by atoms with van der Waals surface area (Å²) in [5.41, 5.74) is 2.89. The molecule has 1 amide bonds. The van der Waals surface area contributed by atoms with E-state index in [1.807, 2.05) is 60.0 Å². The van der Waals surface area contributed by atoms with E-state index in [2.05, 4.69) is 22.4 Å². The largest absolute Gasteiger partial charge is 0.496 e. The molecule has 1 heterocycles. The van der Waals surface area contributed by atoms with Crippen LogP contribution in [0.5, 0.6) is 5.75 Å². The van der Waals surface area contributed by atoms with E-state index in [-0.39, 0.29) is 11.7 Å². The number of carbonyl (C=O) groups excluding carboxylic acids is 1. The van der Waals surface area contributed by atoms with Crippen LogP contribution in [-0.2, 0) is 17.8 Å². The quantitative estimate of drug-likeness (QED) is 0.576. The SMILES string of the molecule is CCc1cccc(NC(=O)CSc2nnc(-c3ccccc3OC)n2CC)c1. The summed E-state index contributed by atoms with van der Waals surface area (Å²) in [5.74, 6) is 1.68. The molecular formula is C21H24N4O2S. The van der Waals surface area contributed by atoms with Crippen LogP contribution in [0, 0.1) is 0 Å². The van der Waals surface area contributed by atoms with Crippen LogP contribution in [-0.4, -0.2) is 33.5 Å². The fourth-order valence-corrected chi connectivity index (χ4v) is 3.71. The van der Waals surface area contributed by atoms with E-state index in [9.17, 15) is 4.79 Å². The Balaban J connectivity index is 1.71. The van der Waals surface area contributed by atoms with Gasteiger partial charge in [-0.25, -0.2) is 0 Å². The number of thioether (sulfide) groups is 1. The summed E-state index contributed by atoms with van der Waals surface area (Å²) in [4.78, 5) is 12.4. The second kappa shape index (κ2) is 9.41. The lowest BCUT2D eigenvalue weighted by atomic mass is 10.1. The predicted octanol–water partition coefficient (Wildman–Crippen LogP) is 4.27. The Kier molecular flexibility index (Phi) is 6.71. The first-order valence-corrected chi connectivity index (χ1v) is 10.2. The van der Waals surface area contributed by atoms with Gasteiger partial charge in [-0.2, -0.15) is 0 Å². The van der Waals surface area contributed by atoms with Crippen LogP contribution in [0.1, 0.15) is 19.4 Å². The minimum Gasteiger partial charge on any atom is -0.496 e. The number of methoxy groups -OCH3 is 1. The highest BCUT2D eigenvalue weighted by atomic mass is 32.2. The van der Waals surface area contributed by atoms with Crippen LogP contribution < -0.4 is 10.1 Å². The molecule has 0 saturated heterocycles. The topological polar surface area (TPSA) is 69.0 Å². The Bertz CT molecular complexity index is 955. The molecule has 0 spiro atoms. The first kappa shape index (κ1) is 19.9. The molecular weight excluding hydrogens is 372 g/mol. The zero-order valence-corrected chi connectivity index (χ0v) is 17.1. The average Bonchev–Trinajstić information content (AvgIpc) is 3.15. The van der Waals surface area contributed by atoms with Crippen molar-refractivity contribution in [2.75, 3.05) is 18.2 Å². The number of hydrogen-bond donors (Lipinski definition) is 1. The second-order valence-corrected chi connectivity index (χ2v) is 7.08. The van der Waals surface area contributed by atoms with Gasteiger partial charge in [-0.1, -0.05) is 43.0 Å². The first-order valence-electron chi connectivity index (χ1n) is 9.24. The number of para-hydroxylation sites is 1. The van der Waals surface area contributed by atoms with Crippen LogP contribution in [0.3, 0.4) is 0 Å². The van der Waals surface area contributed by atoms with Crippen molar-refractivity contribution in [2.24, 2.45) is 0 Å². The number of hydrogen-bond acceptors (Lipinski definition) is 5.